The Morgan fingerprint density at radius 2 is 2.21 bits per heavy atom. The van der Waals surface area contributed by atoms with Crippen molar-refractivity contribution in [3.05, 3.63) is 24.0 Å². The van der Waals surface area contributed by atoms with E-state index in [1.54, 1.807) is 0 Å². The van der Waals surface area contributed by atoms with Gasteiger partial charge in [-0.05, 0) is 55.6 Å². The van der Waals surface area contributed by atoms with Crippen LogP contribution in [-0.4, -0.2) is 10.1 Å². The fourth-order valence-electron chi connectivity index (χ4n) is 2.96. The molecule has 2 N–H and O–H groups in total. The molecule has 1 aromatic heterocycles. The van der Waals surface area contributed by atoms with Gasteiger partial charge >= 0.3 is 0 Å². The van der Waals surface area contributed by atoms with Crippen LogP contribution in [0.2, 0.25) is 0 Å². The van der Waals surface area contributed by atoms with Crippen molar-refractivity contribution in [2.24, 2.45) is 17.8 Å². The summed E-state index contributed by atoms with van der Waals surface area (Å²) in [6.45, 7) is 0. The molecule has 0 spiro atoms. The Balaban J connectivity index is 1.69. The molecular formula is C12H17NO. The van der Waals surface area contributed by atoms with Gasteiger partial charge in [-0.2, -0.15) is 0 Å². The van der Waals surface area contributed by atoms with Crippen molar-refractivity contribution < 1.29 is 5.11 Å². The predicted octanol–water partition coefficient (Wildman–Crippen LogP) is 2.48. The fourth-order valence-corrected chi connectivity index (χ4v) is 2.96. The third-order valence-corrected chi connectivity index (χ3v) is 3.97. The highest BCUT2D eigenvalue weighted by Gasteiger charge is 2.43. The average Bonchev–Trinajstić information content (AvgIpc) is 2.78. The molecule has 2 nitrogen and oxygen atoms in total. The molecule has 2 heteroatoms. The summed E-state index contributed by atoms with van der Waals surface area (Å²) in [5.74, 6) is 2.46. The Kier molecular flexibility index (Phi) is 1.91. The lowest BCUT2D eigenvalue weighted by Gasteiger charge is -2.25. The standard InChI is InChI=1S/C12H17NO/c14-12(11-2-1-5-13-11)9-4-3-8-6-10(8)7-9/h1-2,5,8-10,12-14H,3-4,6-7H2. The molecule has 4 atom stereocenters. The summed E-state index contributed by atoms with van der Waals surface area (Å²) < 4.78 is 0. The first-order valence-electron chi connectivity index (χ1n) is 5.66. The summed E-state index contributed by atoms with van der Waals surface area (Å²) >= 11 is 0. The Bertz CT molecular complexity index is 306. The monoisotopic (exact) mass is 191 g/mol. The van der Waals surface area contributed by atoms with Gasteiger partial charge in [0, 0.05) is 11.9 Å². The number of fused-ring (bicyclic) bond motifs is 1. The molecule has 0 saturated heterocycles. The second-order valence-electron chi connectivity index (χ2n) is 4.90. The highest BCUT2D eigenvalue weighted by molar-refractivity contribution is 5.09. The predicted molar refractivity (Wildman–Crippen MR) is 54.7 cm³/mol. The number of rotatable bonds is 2. The van der Waals surface area contributed by atoms with Crippen LogP contribution in [0.3, 0.4) is 0 Å². The van der Waals surface area contributed by atoms with Crippen LogP contribution in [0.15, 0.2) is 18.3 Å². The largest absolute Gasteiger partial charge is 0.387 e. The van der Waals surface area contributed by atoms with Crippen molar-refractivity contribution in [2.45, 2.75) is 31.8 Å². The highest BCUT2D eigenvalue weighted by Crippen LogP contribution is 2.53. The zero-order valence-corrected chi connectivity index (χ0v) is 8.32. The van der Waals surface area contributed by atoms with E-state index in [1.807, 2.05) is 18.3 Å². The molecule has 0 aromatic carbocycles. The molecule has 0 bridgehead atoms. The Morgan fingerprint density at radius 1 is 1.29 bits per heavy atom. The van der Waals surface area contributed by atoms with Gasteiger partial charge in [0.05, 0.1) is 6.10 Å². The molecule has 0 aliphatic heterocycles. The highest BCUT2D eigenvalue weighted by atomic mass is 16.3. The quantitative estimate of drug-likeness (QED) is 0.740. The Morgan fingerprint density at radius 3 is 2.93 bits per heavy atom. The van der Waals surface area contributed by atoms with Crippen LogP contribution >= 0.6 is 0 Å². The minimum atomic E-state index is -0.258. The van der Waals surface area contributed by atoms with Gasteiger partial charge < -0.3 is 10.1 Å². The summed E-state index contributed by atoms with van der Waals surface area (Å²) in [5, 5.41) is 10.1. The molecule has 2 fully saturated rings. The van der Waals surface area contributed by atoms with Crippen molar-refractivity contribution in [3.63, 3.8) is 0 Å². The summed E-state index contributed by atoms with van der Waals surface area (Å²) in [5.41, 5.74) is 0.995. The van der Waals surface area contributed by atoms with E-state index in [9.17, 15) is 5.11 Å². The number of aromatic nitrogens is 1. The normalized spacial score (nSPS) is 37.6. The minimum absolute atomic E-state index is 0.258. The second-order valence-corrected chi connectivity index (χ2v) is 4.90. The SMILES string of the molecule is OC(c1ccc[nH]1)C1CCC2CC2C1. The van der Waals surface area contributed by atoms with Crippen LogP contribution in [0.25, 0.3) is 0 Å². The average molecular weight is 191 g/mol. The maximum absolute atomic E-state index is 10.1. The van der Waals surface area contributed by atoms with E-state index in [0.717, 1.165) is 17.5 Å². The van der Waals surface area contributed by atoms with E-state index >= 15 is 0 Å². The molecule has 2 saturated carbocycles. The zero-order chi connectivity index (χ0) is 9.54. The maximum Gasteiger partial charge on any atom is 0.0965 e. The third kappa shape index (κ3) is 1.38. The first kappa shape index (κ1) is 8.54. The number of aliphatic hydroxyl groups is 1. The summed E-state index contributed by atoms with van der Waals surface area (Å²) in [4.78, 5) is 3.11. The van der Waals surface area contributed by atoms with E-state index in [1.165, 1.54) is 25.7 Å². The molecule has 0 amide bonds. The third-order valence-electron chi connectivity index (χ3n) is 3.97. The van der Waals surface area contributed by atoms with Crippen LogP contribution in [-0.2, 0) is 0 Å². The number of hydrogen-bond acceptors (Lipinski definition) is 1. The van der Waals surface area contributed by atoms with Crippen molar-refractivity contribution in [2.75, 3.05) is 0 Å². The first-order chi connectivity index (χ1) is 6.84. The fraction of sp³-hybridized carbons (Fsp3) is 0.667. The first-order valence-corrected chi connectivity index (χ1v) is 5.66. The van der Waals surface area contributed by atoms with E-state index < -0.39 is 0 Å². The Hall–Kier alpha value is -0.760. The molecule has 4 unspecified atom stereocenters. The lowest BCUT2D eigenvalue weighted by molar-refractivity contribution is 0.0789. The molecule has 0 radical (unpaired) electrons. The van der Waals surface area contributed by atoms with Gasteiger partial charge in [0.2, 0.25) is 0 Å². The van der Waals surface area contributed by atoms with E-state index in [4.69, 9.17) is 0 Å². The van der Waals surface area contributed by atoms with Crippen LogP contribution in [0.5, 0.6) is 0 Å². The molecule has 3 rings (SSSR count). The number of H-pyrrole nitrogens is 1. The molecule has 14 heavy (non-hydrogen) atoms. The zero-order valence-electron chi connectivity index (χ0n) is 8.32. The van der Waals surface area contributed by atoms with Crippen molar-refractivity contribution in [1.82, 2.24) is 4.98 Å². The minimum Gasteiger partial charge on any atom is -0.387 e. The topological polar surface area (TPSA) is 36.0 Å². The molecule has 1 heterocycles. The molecular weight excluding hydrogens is 174 g/mol. The molecule has 2 aliphatic carbocycles. The van der Waals surface area contributed by atoms with Crippen molar-refractivity contribution in [3.8, 4) is 0 Å². The van der Waals surface area contributed by atoms with Gasteiger partial charge in [0.15, 0.2) is 0 Å². The number of nitrogens with one attached hydrogen (secondary N) is 1. The van der Waals surface area contributed by atoms with Gasteiger partial charge in [0.25, 0.3) is 0 Å². The Labute approximate surface area is 84.3 Å². The molecule has 1 aromatic rings. The van der Waals surface area contributed by atoms with Crippen LogP contribution < -0.4 is 0 Å². The lowest BCUT2D eigenvalue weighted by atomic mass is 9.84. The van der Waals surface area contributed by atoms with E-state index in [-0.39, 0.29) is 6.10 Å². The second kappa shape index (κ2) is 3.13. The molecule has 76 valence electrons. The summed E-state index contributed by atoms with van der Waals surface area (Å²) in [6.07, 6.45) is 6.85. The number of hydrogen-bond donors (Lipinski definition) is 2. The van der Waals surface area contributed by atoms with Gasteiger partial charge in [0.1, 0.15) is 0 Å². The van der Waals surface area contributed by atoms with Gasteiger partial charge in [-0.15, -0.1) is 0 Å². The maximum atomic E-state index is 10.1. The lowest BCUT2D eigenvalue weighted by Crippen LogP contribution is -2.17. The van der Waals surface area contributed by atoms with Crippen molar-refractivity contribution in [1.29, 1.82) is 0 Å². The number of aromatic amines is 1. The molecule has 2 aliphatic rings. The smallest absolute Gasteiger partial charge is 0.0965 e. The van der Waals surface area contributed by atoms with Crippen LogP contribution in [0.1, 0.15) is 37.5 Å². The van der Waals surface area contributed by atoms with Crippen LogP contribution in [0.4, 0.5) is 0 Å². The van der Waals surface area contributed by atoms with E-state index in [0.29, 0.717) is 5.92 Å². The van der Waals surface area contributed by atoms with Gasteiger partial charge in [-0.25, -0.2) is 0 Å². The summed E-state index contributed by atoms with van der Waals surface area (Å²) in [7, 11) is 0. The summed E-state index contributed by atoms with van der Waals surface area (Å²) in [6, 6.07) is 3.95. The number of aliphatic hydroxyl groups excluding tert-OH is 1. The van der Waals surface area contributed by atoms with Gasteiger partial charge in [-0.1, -0.05) is 0 Å². The van der Waals surface area contributed by atoms with Gasteiger partial charge in [-0.3, -0.25) is 0 Å². The van der Waals surface area contributed by atoms with Crippen LogP contribution in [0, 0.1) is 17.8 Å². The van der Waals surface area contributed by atoms with E-state index in [2.05, 4.69) is 4.98 Å². The van der Waals surface area contributed by atoms with Crippen molar-refractivity contribution >= 4 is 0 Å².